The molecule has 2 aromatic heterocycles. The minimum absolute atomic E-state index is 0.517. The molecule has 9 heteroatoms. The van der Waals surface area contributed by atoms with Crippen LogP contribution in [0.15, 0.2) is 24.4 Å². The maximum Gasteiger partial charge on any atom is 0.216 e. The zero-order valence-electron chi connectivity index (χ0n) is 14.8. The van der Waals surface area contributed by atoms with E-state index in [1.807, 2.05) is 6.07 Å². The van der Waals surface area contributed by atoms with Crippen molar-refractivity contribution in [1.29, 1.82) is 0 Å². The predicted octanol–water partition coefficient (Wildman–Crippen LogP) is 2.85. The molecule has 2 saturated heterocycles. The highest BCUT2D eigenvalue weighted by atomic mass is 35.5. The third-order valence-corrected chi connectivity index (χ3v) is 6.70. The van der Waals surface area contributed by atoms with Gasteiger partial charge < -0.3 is 9.80 Å². The lowest BCUT2D eigenvalue weighted by Crippen LogP contribution is -2.29. The maximum absolute atomic E-state index is 6.21. The summed E-state index contributed by atoms with van der Waals surface area (Å²) in [6, 6.07) is 6.14. The van der Waals surface area contributed by atoms with E-state index in [0.717, 1.165) is 46.0 Å². The summed E-state index contributed by atoms with van der Waals surface area (Å²) in [6.45, 7) is 6.30. The van der Waals surface area contributed by atoms with Crippen LogP contribution in [0.1, 0.15) is 5.56 Å². The second kappa shape index (κ2) is 6.45. The second-order valence-electron chi connectivity index (χ2n) is 7.20. The monoisotopic (exact) mass is 399 g/mol. The Bertz CT molecular complexity index is 970. The molecule has 0 aliphatic carbocycles. The van der Waals surface area contributed by atoms with E-state index in [2.05, 4.69) is 49.3 Å². The smallest absolute Gasteiger partial charge is 0.216 e. The first-order valence-electron chi connectivity index (χ1n) is 8.84. The Balaban J connectivity index is 1.29. The minimum Gasteiger partial charge on any atom is -0.371 e. The number of hydrogen-bond donors (Lipinski definition) is 0. The summed E-state index contributed by atoms with van der Waals surface area (Å²) in [5, 5.41) is 13.5. The number of aromatic nitrogens is 5. The molecule has 0 N–H and O–H groups in total. The summed E-state index contributed by atoms with van der Waals surface area (Å²) in [4.78, 5) is 11.3. The molecule has 5 rings (SSSR count). The van der Waals surface area contributed by atoms with E-state index in [9.17, 15) is 0 Å². The molecule has 27 heavy (non-hydrogen) atoms. The third-order valence-electron chi connectivity index (χ3n) is 5.41. The van der Waals surface area contributed by atoms with Crippen molar-refractivity contribution in [2.24, 2.45) is 11.8 Å². The second-order valence-corrected chi connectivity index (χ2v) is 8.65. The average molecular weight is 400 g/mol. The molecule has 0 spiro atoms. The van der Waals surface area contributed by atoms with Crippen LogP contribution in [0.4, 0.5) is 10.8 Å². The molecule has 2 radical (unpaired) electrons. The van der Waals surface area contributed by atoms with E-state index < -0.39 is 0 Å². The van der Waals surface area contributed by atoms with Crippen molar-refractivity contribution < 1.29 is 0 Å². The van der Waals surface area contributed by atoms with Crippen LogP contribution in [0.25, 0.3) is 10.7 Å². The van der Waals surface area contributed by atoms with E-state index in [1.54, 1.807) is 17.5 Å². The lowest BCUT2D eigenvalue weighted by atomic mass is 10.0. The molecule has 2 aliphatic heterocycles. The third kappa shape index (κ3) is 3.06. The van der Waals surface area contributed by atoms with Crippen LogP contribution < -0.4 is 9.80 Å². The number of rotatable bonds is 3. The summed E-state index contributed by atoms with van der Waals surface area (Å²) in [6.07, 6.45) is 1.80. The Morgan fingerprint density at radius 3 is 2.59 bits per heavy atom. The number of aryl methyl sites for hydroxylation is 1. The molecule has 2 unspecified atom stereocenters. The average Bonchev–Trinajstić information content (AvgIpc) is 3.38. The predicted molar refractivity (Wildman–Crippen MR) is 106 cm³/mol. The van der Waals surface area contributed by atoms with Gasteiger partial charge in [0, 0.05) is 48.7 Å². The largest absolute Gasteiger partial charge is 0.371 e. The highest BCUT2D eigenvalue weighted by molar-refractivity contribution is 7.18. The van der Waals surface area contributed by atoms with E-state index in [4.69, 9.17) is 18.6 Å². The Hall–Kier alpha value is -2.19. The molecule has 0 saturated carbocycles. The molecule has 3 aromatic rings. The number of nitrogens with zero attached hydrogens (tertiary/aromatic N) is 7. The topological polar surface area (TPSA) is 63.0 Å². The van der Waals surface area contributed by atoms with Gasteiger partial charge in [0.2, 0.25) is 5.82 Å². The van der Waals surface area contributed by atoms with E-state index in [-0.39, 0.29) is 0 Å². The fourth-order valence-electron chi connectivity index (χ4n) is 4.11. The first-order chi connectivity index (χ1) is 13.1. The molecule has 138 valence electrons. The van der Waals surface area contributed by atoms with Crippen molar-refractivity contribution >= 4 is 33.8 Å². The Morgan fingerprint density at radius 1 is 1.15 bits per heavy atom. The number of hydrogen-bond acceptors (Lipinski definition) is 7. The van der Waals surface area contributed by atoms with Crippen molar-refractivity contribution in [3.8, 4) is 10.7 Å². The standard InChI is InChI=1S/C18H18ClN7S/c1-11-3-4-14(19)5-15(11)25-7-12-9-26(10-13(12)8-25)18-20-6-16(27-18)17-21-23-24(2)22-17/h2-6,12-13H,7-10H2,1H3. The normalized spacial score (nSPS) is 21.9. The fourth-order valence-corrected chi connectivity index (χ4v) is 5.13. The van der Waals surface area contributed by atoms with Crippen molar-refractivity contribution in [1.82, 2.24) is 25.2 Å². The first-order valence-corrected chi connectivity index (χ1v) is 10.0. The highest BCUT2D eigenvalue weighted by Crippen LogP contribution is 2.39. The fraction of sp³-hybridized carbons (Fsp3) is 0.389. The molecular formula is C18H18ClN7S. The molecule has 7 nitrogen and oxygen atoms in total. The van der Waals surface area contributed by atoms with Crippen LogP contribution in [0.5, 0.6) is 0 Å². The molecule has 0 bridgehead atoms. The van der Waals surface area contributed by atoms with Crippen LogP contribution in [0.3, 0.4) is 0 Å². The summed E-state index contributed by atoms with van der Waals surface area (Å²) in [5.74, 6) is 1.79. The summed E-state index contributed by atoms with van der Waals surface area (Å²) < 4.78 is 0. The van der Waals surface area contributed by atoms with Crippen LogP contribution >= 0.6 is 22.9 Å². The van der Waals surface area contributed by atoms with Crippen molar-refractivity contribution in [3.63, 3.8) is 0 Å². The van der Waals surface area contributed by atoms with Gasteiger partial charge in [-0.05, 0) is 29.8 Å². The van der Waals surface area contributed by atoms with Gasteiger partial charge in [-0.25, -0.2) is 4.98 Å². The van der Waals surface area contributed by atoms with E-state index >= 15 is 0 Å². The summed E-state index contributed by atoms with van der Waals surface area (Å²) in [5.41, 5.74) is 2.54. The zero-order valence-corrected chi connectivity index (χ0v) is 16.4. The SMILES string of the molecule is [CH]n1nnc(-c2cnc(N3CC4CN(c5cc(Cl)ccc5C)CC4C3)s2)n1. The number of benzene rings is 1. The Labute approximate surface area is 166 Å². The Morgan fingerprint density at radius 2 is 1.89 bits per heavy atom. The van der Waals surface area contributed by atoms with Crippen LogP contribution in [-0.4, -0.2) is 51.4 Å². The van der Waals surface area contributed by atoms with Crippen molar-refractivity contribution in [2.75, 3.05) is 36.0 Å². The first kappa shape index (κ1) is 16.9. The van der Waals surface area contributed by atoms with Gasteiger partial charge in [-0.2, -0.15) is 4.80 Å². The highest BCUT2D eigenvalue weighted by Gasteiger charge is 2.41. The molecular weight excluding hydrogens is 382 g/mol. The minimum atomic E-state index is 0.517. The van der Waals surface area contributed by atoms with Crippen LogP contribution in [0.2, 0.25) is 5.02 Å². The van der Waals surface area contributed by atoms with E-state index in [1.165, 1.54) is 11.3 Å². The maximum atomic E-state index is 6.21. The van der Waals surface area contributed by atoms with Gasteiger partial charge in [0.15, 0.2) is 5.13 Å². The lowest BCUT2D eigenvalue weighted by Gasteiger charge is -2.24. The molecule has 2 fully saturated rings. The van der Waals surface area contributed by atoms with Crippen LogP contribution in [-0.2, 0) is 0 Å². The number of halogens is 1. The van der Waals surface area contributed by atoms with Crippen molar-refractivity contribution in [3.05, 3.63) is 42.0 Å². The molecule has 0 amide bonds. The molecule has 2 aliphatic rings. The number of fused-ring (bicyclic) bond motifs is 1. The van der Waals surface area contributed by atoms with Gasteiger partial charge in [-0.1, -0.05) is 29.0 Å². The van der Waals surface area contributed by atoms with Gasteiger partial charge in [0.1, 0.15) is 7.05 Å². The number of thiazole rings is 1. The summed E-state index contributed by atoms with van der Waals surface area (Å²) in [7, 11) is 5.48. The number of anilines is 2. The lowest BCUT2D eigenvalue weighted by molar-refractivity contribution is 0.533. The van der Waals surface area contributed by atoms with Gasteiger partial charge in [-0.3, -0.25) is 0 Å². The van der Waals surface area contributed by atoms with Gasteiger partial charge in [0.05, 0.1) is 11.1 Å². The molecule has 1 aromatic carbocycles. The van der Waals surface area contributed by atoms with E-state index in [0.29, 0.717) is 17.7 Å². The van der Waals surface area contributed by atoms with Gasteiger partial charge >= 0.3 is 0 Å². The molecule has 4 heterocycles. The summed E-state index contributed by atoms with van der Waals surface area (Å²) >= 11 is 7.79. The van der Waals surface area contributed by atoms with Gasteiger partial charge in [0.25, 0.3) is 0 Å². The van der Waals surface area contributed by atoms with Gasteiger partial charge in [-0.15, -0.1) is 10.2 Å². The van der Waals surface area contributed by atoms with Crippen molar-refractivity contribution in [2.45, 2.75) is 6.92 Å². The zero-order chi connectivity index (χ0) is 18.5. The number of tetrazole rings is 1. The quantitative estimate of drug-likeness (QED) is 0.674. The molecule has 2 atom stereocenters. The van der Waals surface area contributed by atoms with Crippen LogP contribution in [0, 0.1) is 25.8 Å². The Kier molecular flexibility index (Phi) is 4.05.